The summed E-state index contributed by atoms with van der Waals surface area (Å²) in [5.74, 6) is 1.47. The molecule has 4 aromatic rings. The Morgan fingerprint density at radius 3 is 1.78 bits per heavy atom. The third kappa shape index (κ3) is 6.30. The Bertz CT molecular complexity index is 1340. The molecule has 0 bridgehead atoms. The van der Waals surface area contributed by atoms with E-state index in [1.807, 2.05) is 80.6 Å². The molecule has 3 aromatic carbocycles. The van der Waals surface area contributed by atoms with Gasteiger partial charge in [0.05, 0.1) is 30.3 Å². The van der Waals surface area contributed by atoms with Gasteiger partial charge in [0.15, 0.2) is 0 Å². The van der Waals surface area contributed by atoms with Crippen molar-refractivity contribution in [2.75, 3.05) is 13.2 Å². The average molecular weight is 503 g/mol. The molecule has 0 spiro atoms. The normalized spacial score (nSPS) is 11.4. The summed E-state index contributed by atoms with van der Waals surface area (Å²) in [6, 6.07) is 27.9. The van der Waals surface area contributed by atoms with Crippen molar-refractivity contribution in [3.05, 3.63) is 108 Å². The summed E-state index contributed by atoms with van der Waals surface area (Å²) >= 11 is 0. The quantitative estimate of drug-likeness (QED) is 0.254. The van der Waals surface area contributed by atoms with Crippen molar-refractivity contribution in [1.82, 2.24) is 9.29 Å². The first kappa shape index (κ1) is 25.4. The molecule has 0 fully saturated rings. The molecule has 4 rings (SSSR count). The van der Waals surface area contributed by atoms with E-state index in [4.69, 9.17) is 9.47 Å². The predicted molar refractivity (Wildman–Crippen MR) is 141 cm³/mol. The highest BCUT2D eigenvalue weighted by Crippen LogP contribution is 2.26. The molecular formula is C29H30N2O4S. The molecule has 1 heterocycles. The molecule has 6 nitrogen and oxygen atoms in total. The van der Waals surface area contributed by atoms with Crippen LogP contribution in [0.2, 0.25) is 0 Å². The summed E-state index contributed by atoms with van der Waals surface area (Å²) in [6.45, 7) is 5.38. The maximum atomic E-state index is 13.6. The minimum atomic E-state index is -3.78. The maximum Gasteiger partial charge on any atom is 0.243 e. The molecule has 0 N–H and O–H groups in total. The molecule has 0 unspecified atom stereocenters. The third-order valence-corrected chi connectivity index (χ3v) is 7.45. The lowest BCUT2D eigenvalue weighted by atomic mass is 10.0. The predicted octanol–water partition coefficient (Wildman–Crippen LogP) is 5.94. The van der Waals surface area contributed by atoms with Crippen LogP contribution < -0.4 is 9.47 Å². The lowest BCUT2D eigenvalue weighted by molar-refractivity contribution is 0.340. The van der Waals surface area contributed by atoms with E-state index in [0.29, 0.717) is 24.7 Å². The molecule has 36 heavy (non-hydrogen) atoms. The summed E-state index contributed by atoms with van der Waals surface area (Å²) in [6.07, 6.45) is 1.67. The van der Waals surface area contributed by atoms with Gasteiger partial charge in [-0.15, -0.1) is 0 Å². The fourth-order valence-electron chi connectivity index (χ4n) is 3.84. The first-order valence-electron chi connectivity index (χ1n) is 11.9. The fraction of sp³-hybridized carbons (Fsp3) is 0.207. The summed E-state index contributed by atoms with van der Waals surface area (Å²) in [4.78, 5) is 4.56. The number of rotatable bonds is 11. The zero-order valence-electron chi connectivity index (χ0n) is 20.5. The van der Waals surface area contributed by atoms with Crippen molar-refractivity contribution in [3.8, 4) is 22.6 Å². The Morgan fingerprint density at radius 1 is 0.694 bits per heavy atom. The molecule has 7 heteroatoms. The van der Waals surface area contributed by atoms with E-state index in [2.05, 4.69) is 4.98 Å². The molecule has 0 saturated heterocycles. The number of nitrogens with zero attached hydrogens (tertiary/aromatic N) is 2. The van der Waals surface area contributed by atoms with Gasteiger partial charge in [0.25, 0.3) is 0 Å². The summed E-state index contributed by atoms with van der Waals surface area (Å²) in [7, 11) is -3.78. The second-order valence-corrected chi connectivity index (χ2v) is 10.1. The Morgan fingerprint density at radius 2 is 1.25 bits per heavy atom. The van der Waals surface area contributed by atoms with Gasteiger partial charge in [-0.3, -0.25) is 4.98 Å². The average Bonchev–Trinajstić information content (AvgIpc) is 2.90. The highest BCUT2D eigenvalue weighted by atomic mass is 32.2. The molecule has 0 aliphatic heterocycles. The number of benzene rings is 3. The Hall–Kier alpha value is -3.68. The zero-order chi connectivity index (χ0) is 25.4. The van der Waals surface area contributed by atoms with Gasteiger partial charge in [0.2, 0.25) is 10.0 Å². The van der Waals surface area contributed by atoms with Crippen LogP contribution in [0.4, 0.5) is 0 Å². The number of hydrogen-bond acceptors (Lipinski definition) is 5. The smallest absolute Gasteiger partial charge is 0.243 e. The van der Waals surface area contributed by atoms with Crippen LogP contribution in [0.5, 0.6) is 11.5 Å². The molecular weight excluding hydrogens is 472 g/mol. The van der Waals surface area contributed by atoms with Gasteiger partial charge in [-0.05, 0) is 79.1 Å². The van der Waals surface area contributed by atoms with E-state index in [0.717, 1.165) is 22.4 Å². The van der Waals surface area contributed by atoms with Crippen molar-refractivity contribution < 1.29 is 17.9 Å². The van der Waals surface area contributed by atoms with E-state index in [-0.39, 0.29) is 18.0 Å². The Labute approximate surface area is 213 Å². The maximum absolute atomic E-state index is 13.6. The van der Waals surface area contributed by atoms with Crippen molar-refractivity contribution in [3.63, 3.8) is 0 Å². The summed E-state index contributed by atoms with van der Waals surface area (Å²) in [5, 5.41) is 0. The molecule has 0 saturated carbocycles. The van der Waals surface area contributed by atoms with Gasteiger partial charge in [-0.25, -0.2) is 8.42 Å². The van der Waals surface area contributed by atoms with Crippen LogP contribution in [0, 0.1) is 0 Å². The highest BCUT2D eigenvalue weighted by Gasteiger charge is 2.25. The topological polar surface area (TPSA) is 68.7 Å². The van der Waals surface area contributed by atoms with Gasteiger partial charge in [-0.1, -0.05) is 42.5 Å². The first-order valence-corrected chi connectivity index (χ1v) is 13.4. The van der Waals surface area contributed by atoms with Crippen molar-refractivity contribution >= 4 is 10.0 Å². The lowest BCUT2D eigenvalue weighted by Gasteiger charge is -2.22. The number of sulfonamides is 1. The van der Waals surface area contributed by atoms with Crippen LogP contribution in [0.3, 0.4) is 0 Å². The van der Waals surface area contributed by atoms with Gasteiger partial charge < -0.3 is 9.47 Å². The molecule has 0 amide bonds. The van der Waals surface area contributed by atoms with Crippen LogP contribution in [-0.4, -0.2) is 30.9 Å². The second-order valence-electron chi connectivity index (χ2n) is 8.15. The molecule has 0 radical (unpaired) electrons. The third-order valence-electron chi connectivity index (χ3n) is 5.65. The van der Waals surface area contributed by atoms with Gasteiger partial charge in [0, 0.05) is 12.7 Å². The molecule has 186 valence electrons. The molecule has 1 aromatic heterocycles. The van der Waals surface area contributed by atoms with Crippen LogP contribution >= 0.6 is 0 Å². The van der Waals surface area contributed by atoms with Crippen LogP contribution in [0.25, 0.3) is 11.1 Å². The summed E-state index contributed by atoms with van der Waals surface area (Å²) in [5.41, 5.74) is 3.68. The first-order chi connectivity index (χ1) is 17.5. The minimum Gasteiger partial charge on any atom is -0.494 e. The largest absolute Gasteiger partial charge is 0.494 e. The van der Waals surface area contributed by atoms with E-state index in [9.17, 15) is 8.42 Å². The van der Waals surface area contributed by atoms with Crippen LogP contribution in [0.1, 0.15) is 25.1 Å². The van der Waals surface area contributed by atoms with Crippen molar-refractivity contribution in [2.24, 2.45) is 0 Å². The fourth-order valence-corrected chi connectivity index (χ4v) is 5.24. The number of aromatic nitrogens is 1. The van der Waals surface area contributed by atoms with E-state index < -0.39 is 10.0 Å². The van der Waals surface area contributed by atoms with E-state index in [1.165, 1.54) is 4.31 Å². The van der Waals surface area contributed by atoms with Crippen LogP contribution in [0.15, 0.2) is 102 Å². The van der Waals surface area contributed by atoms with Crippen molar-refractivity contribution in [2.45, 2.75) is 31.8 Å². The monoisotopic (exact) mass is 502 g/mol. The van der Waals surface area contributed by atoms with Gasteiger partial charge in [-0.2, -0.15) is 4.31 Å². The molecule has 0 aliphatic carbocycles. The second kappa shape index (κ2) is 11.8. The molecule has 0 aliphatic rings. The standard InChI is InChI=1S/C29H30N2O4S/c1-3-34-27-14-12-25(13-15-27)24-10-8-23(9-11-24)21-31(22-26-7-5-6-20-30-26)36(32,33)29-18-16-28(17-19-29)35-4-2/h5-20H,3-4,21-22H2,1-2H3. The number of hydrogen-bond donors (Lipinski definition) is 0. The lowest BCUT2D eigenvalue weighted by Crippen LogP contribution is -2.30. The number of pyridine rings is 1. The Kier molecular flexibility index (Phi) is 8.36. The molecule has 0 atom stereocenters. The highest BCUT2D eigenvalue weighted by molar-refractivity contribution is 7.89. The SMILES string of the molecule is CCOc1ccc(-c2ccc(CN(Cc3ccccn3)S(=O)(=O)c3ccc(OCC)cc3)cc2)cc1. The summed E-state index contributed by atoms with van der Waals surface area (Å²) < 4.78 is 39.7. The zero-order valence-corrected chi connectivity index (χ0v) is 21.3. The van der Waals surface area contributed by atoms with Gasteiger partial charge >= 0.3 is 0 Å². The van der Waals surface area contributed by atoms with E-state index >= 15 is 0 Å². The van der Waals surface area contributed by atoms with Crippen molar-refractivity contribution in [1.29, 1.82) is 0 Å². The van der Waals surface area contributed by atoms with Crippen LogP contribution in [-0.2, 0) is 23.1 Å². The van der Waals surface area contributed by atoms with Gasteiger partial charge in [0.1, 0.15) is 11.5 Å². The number of ether oxygens (including phenoxy) is 2. The van der Waals surface area contributed by atoms with E-state index in [1.54, 1.807) is 30.5 Å². The Balaban J connectivity index is 1.58. The minimum absolute atomic E-state index is 0.164.